The summed E-state index contributed by atoms with van der Waals surface area (Å²) in [5.74, 6) is 0.541. The molecule has 0 aromatic carbocycles. The lowest BCUT2D eigenvalue weighted by molar-refractivity contribution is -0.137. The highest BCUT2D eigenvalue weighted by Crippen LogP contribution is 2.34. The number of amides is 1. The van der Waals surface area contributed by atoms with E-state index in [9.17, 15) is 9.59 Å². The summed E-state index contributed by atoms with van der Waals surface area (Å²) in [4.78, 5) is 26.2. The van der Waals surface area contributed by atoms with Gasteiger partial charge in [-0.25, -0.2) is 0 Å². The molecule has 2 bridgehead atoms. The molecule has 3 atom stereocenters. The summed E-state index contributed by atoms with van der Waals surface area (Å²) in [6, 6.07) is 0.968. The zero-order valence-electron chi connectivity index (χ0n) is 11.0. The van der Waals surface area contributed by atoms with Crippen molar-refractivity contribution in [2.75, 3.05) is 0 Å². The number of nitrogens with zero attached hydrogens (tertiary/aromatic N) is 1. The van der Waals surface area contributed by atoms with Crippen LogP contribution in [0.5, 0.6) is 0 Å². The van der Waals surface area contributed by atoms with E-state index in [0.29, 0.717) is 36.8 Å². The maximum absolute atomic E-state index is 12.2. The normalized spacial score (nSPS) is 34.2. The number of rotatable bonds is 3. The van der Waals surface area contributed by atoms with Gasteiger partial charge in [-0.3, -0.25) is 14.5 Å². The number of nitrogens with one attached hydrogen (secondary N) is 1. The van der Waals surface area contributed by atoms with Gasteiger partial charge in [0.2, 0.25) is 5.91 Å². The van der Waals surface area contributed by atoms with Crippen LogP contribution < -0.4 is 5.32 Å². The predicted molar refractivity (Wildman–Crippen MR) is 68.1 cm³/mol. The number of piperidine rings is 2. The van der Waals surface area contributed by atoms with E-state index in [-0.39, 0.29) is 11.9 Å². The highest BCUT2D eigenvalue weighted by Gasteiger charge is 2.42. The molecule has 0 spiro atoms. The van der Waals surface area contributed by atoms with Crippen LogP contribution in [0.15, 0.2) is 0 Å². The molecule has 3 rings (SSSR count). The van der Waals surface area contributed by atoms with Crippen LogP contribution in [0.3, 0.4) is 0 Å². The van der Waals surface area contributed by atoms with Crippen molar-refractivity contribution in [3.05, 3.63) is 0 Å². The van der Waals surface area contributed by atoms with Gasteiger partial charge in [0, 0.05) is 31.0 Å². The van der Waals surface area contributed by atoms with Gasteiger partial charge in [0.15, 0.2) is 0 Å². The summed E-state index contributed by atoms with van der Waals surface area (Å²) in [7, 11) is 0. The summed E-state index contributed by atoms with van der Waals surface area (Å²) < 4.78 is 0. The molecule has 4 heteroatoms. The molecule has 3 fully saturated rings. The van der Waals surface area contributed by atoms with Gasteiger partial charge in [-0.1, -0.05) is 6.42 Å². The molecule has 100 valence electrons. The van der Waals surface area contributed by atoms with E-state index < -0.39 is 0 Å². The predicted octanol–water partition coefficient (Wildman–Crippen LogP) is 1.24. The number of carbonyl (C=O) groups excluding carboxylic acids is 2. The molecule has 0 radical (unpaired) electrons. The van der Waals surface area contributed by atoms with Gasteiger partial charge < -0.3 is 5.32 Å². The first kappa shape index (κ1) is 12.2. The van der Waals surface area contributed by atoms with Crippen LogP contribution >= 0.6 is 0 Å². The van der Waals surface area contributed by atoms with Crippen molar-refractivity contribution >= 4 is 11.7 Å². The lowest BCUT2D eigenvalue weighted by Gasteiger charge is -2.48. The van der Waals surface area contributed by atoms with E-state index in [0.717, 1.165) is 25.7 Å². The minimum atomic E-state index is -0.0750. The molecule has 3 unspecified atom stereocenters. The average Bonchev–Trinajstić information content (AvgIpc) is 3.10. The van der Waals surface area contributed by atoms with Crippen molar-refractivity contribution in [2.45, 2.75) is 76.0 Å². The fourth-order valence-corrected chi connectivity index (χ4v) is 3.53. The molecular weight excluding hydrogens is 228 g/mol. The third-order valence-corrected chi connectivity index (χ3v) is 4.59. The second-order valence-electron chi connectivity index (χ2n) is 6.09. The van der Waals surface area contributed by atoms with Crippen LogP contribution in [0, 0.1) is 0 Å². The summed E-state index contributed by atoms with van der Waals surface area (Å²) in [6.07, 6.45) is 6.91. The highest BCUT2D eigenvalue weighted by molar-refractivity contribution is 5.84. The highest BCUT2D eigenvalue weighted by atomic mass is 16.2. The van der Waals surface area contributed by atoms with E-state index in [1.165, 1.54) is 6.42 Å². The van der Waals surface area contributed by atoms with E-state index in [4.69, 9.17) is 0 Å². The van der Waals surface area contributed by atoms with Crippen molar-refractivity contribution in [1.29, 1.82) is 0 Å². The average molecular weight is 250 g/mol. The summed E-state index contributed by atoms with van der Waals surface area (Å²) in [5.41, 5.74) is 0. The van der Waals surface area contributed by atoms with E-state index in [2.05, 4.69) is 10.2 Å². The quantitative estimate of drug-likeness (QED) is 0.820. The Morgan fingerprint density at radius 3 is 2.39 bits per heavy atom. The first-order valence-electron chi connectivity index (χ1n) is 7.24. The fraction of sp³-hybridized carbons (Fsp3) is 0.857. The molecule has 0 aromatic heterocycles. The number of hydrogen-bond acceptors (Lipinski definition) is 3. The molecule has 2 aliphatic heterocycles. The molecule has 1 amide bonds. The number of carbonyl (C=O) groups is 2. The lowest BCUT2D eigenvalue weighted by atomic mass is 9.82. The van der Waals surface area contributed by atoms with Crippen LogP contribution in [-0.4, -0.2) is 40.8 Å². The lowest BCUT2D eigenvalue weighted by Crippen LogP contribution is -2.59. The Morgan fingerprint density at radius 2 is 1.83 bits per heavy atom. The minimum absolute atomic E-state index is 0.0750. The molecule has 1 N–H and O–H groups in total. The van der Waals surface area contributed by atoms with Crippen LogP contribution in [0.4, 0.5) is 0 Å². The summed E-state index contributed by atoms with van der Waals surface area (Å²) >= 11 is 0. The van der Waals surface area contributed by atoms with Crippen molar-refractivity contribution in [2.24, 2.45) is 0 Å². The van der Waals surface area contributed by atoms with Crippen LogP contribution in [0.2, 0.25) is 0 Å². The largest absolute Gasteiger partial charge is 0.352 e. The Morgan fingerprint density at radius 1 is 1.22 bits per heavy atom. The SMILES string of the molecule is CC(C(=O)NC1CC1)N1C2CCCC1CC(=O)C2. The number of hydrogen-bond donors (Lipinski definition) is 1. The molecule has 2 heterocycles. The van der Waals surface area contributed by atoms with Crippen LogP contribution in [-0.2, 0) is 9.59 Å². The van der Waals surface area contributed by atoms with Crippen LogP contribution in [0.25, 0.3) is 0 Å². The standard InChI is InChI=1S/C14H22N2O2/c1-9(14(18)15-10-5-6-10)16-11-3-2-4-12(16)8-13(17)7-11/h9-12H,2-8H2,1H3,(H,15,18). The second kappa shape index (κ2) is 4.65. The first-order chi connectivity index (χ1) is 8.65. The maximum Gasteiger partial charge on any atom is 0.237 e. The first-order valence-corrected chi connectivity index (χ1v) is 7.24. The Kier molecular flexibility index (Phi) is 3.14. The third-order valence-electron chi connectivity index (χ3n) is 4.59. The molecule has 1 saturated carbocycles. The third kappa shape index (κ3) is 2.30. The zero-order valence-corrected chi connectivity index (χ0v) is 11.0. The molecule has 3 aliphatic rings. The summed E-state index contributed by atoms with van der Waals surface area (Å²) in [5, 5.41) is 3.09. The van der Waals surface area contributed by atoms with Crippen molar-refractivity contribution < 1.29 is 9.59 Å². The Labute approximate surface area is 108 Å². The Hall–Kier alpha value is -0.900. The number of ketones is 1. The van der Waals surface area contributed by atoms with E-state index in [1.54, 1.807) is 0 Å². The molecule has 18 heavy (non-hydrogen) atoms. The van der Waals surface area contributed by atoms with Gasteiger partial charge in [-0.15, -0.1) is 0 Å². The van der Waals surface area contributed by atoms with Gasteiger partial charge in [-0.05, 0) is 32.6 Å². The monoisotopic (exact) mass is 250 g/mol. The number of fused-ring (bicyclic) bond motifs is 2. The molecular formula is C14H22N2O2. The maximum atomic E-state index is 12.2. The van der Waals surface area contributed by atoms with Crippen molar-refractivity contribution in [3.63, 3.8) is 0 Å². The van der Waals surface area contributed by atoms with Gasteiger partial charge in [0.1, 0.15) is 5.78 Å². The van der Waals surface area contributed by atoms with E-state index in [1.807, 2.05) is 6.92 Å². The Balaban J connectivity index is 1.69. The molecule has 4 nitrogen and oxygen atoms in total. The minimum Gasteiger partial charge on any atom is -0.352 e. The van der Waals surface area contributed by atoms with Gasteiger partial charge in [0.05, 0.1) is 6.04 Å². The fourth-order valence-electron chi connectivity index (χ4n) is 3.53. The number of Topliss-reactive ketones (excluding diaryl/α,β-unsaturated/α-hetero) is 1. The van der Waals surface area contributed by atoms with Crippen molar-refractivity contribution in [1.82, 2.24) is 10.2 Å². The van der Waals surface area contributed by atoms with Gasteiger partial charge in [0.25, 0.3) is 0 Å². The topological polar surface area (TPSA) is 49.4 Å². The molecule has 0 aromatic rings. The summed E-state index contributed by atoms with van der Waals surface area (Å²) in [6.45, 7) is 2.00. The second-order valence-corrected chi connectivity index (χ2v) is 6.09. The van der Waals surface area contributed by atoms with Gasteiger partial charge in [-0.2, -0.15) is 0 Å². The van der Waals surface area contributed by atoms with E-state index >= 15 is 0 Å². The molecule has 1 aliphatic carbocycles. The van der Waals surface area contributed by atoms with Gasteiger partial charge >= 0.3 is 0 Å². The molecule has 2 saturated heterocycles. The smallest absolute Gasteiger partial charge is 0.237 e. The van der Waals surface area contributed by atoms with Crippen molar-refractivity contribution in [3.8, 4) is 0 Å². The zero-order chi connectivity index (χ0) is 12.7. The Bertz CT molecular complexity index is 349. The van der Waals surface area contributed by atoms with Crippen LogP contribution in [0.1, 0.15) is 51.9 Å².